The maximum absolute atomic E-state index is 12.1. The minimum atomic E-state index is -0.353. The van der Waals surface area contributed by atoms with Gasteiger partial charge in [0.2, 0.25) is 0 Å². The molecule has 1 heterocycles. The maximum atomic E-state index is 12.1. The second-order valence-corrected chi connectivity index (χ2v) is 5.27. The molecule has 2 aromatic carbocycles. The van der Waals surface area contributed by atoms with Gasteiger partial charge >= 0.3 is 0 Å². The second-order valence-electron chi connectivity index (χ2n) is 5.27. The van der Waals surface area contributed by atoms with E-state index in [1.165, 1.54) is 0 Å². The largest absolute Gasteiger partial charge is 0.493 e. The van der Waals surface area contributed by atoms with Gasteiger partial charge in [-0.3, -0.25) is 4.39 Å². The molecule has 23 heavy (non-hydrogen) atoms. The molecule has 1 aromatic heterocycles. The Hall–Kier alpha value is -2.62. The normalized spacial score (nSPS) is 10.7. The molecule has 118 valence electrons. The van der Waals surface area contributed by atoms with Crippen LogP contribution in [-0.4, -0.2) is 25.3 Å². The maximum Gasteiger partial charge on any atom is 0.119 e. The van der Waals surface area contributed by atoms with E-state index in [0.717, 1.165) is 33.6 Å². The van der Waals surface area contributed by atoms with E-state index in [1.807, 2.05) is 49.5 Å². The number of alkyl halides is 1. The Balaban J connectivity index is 1.82. The highest BCUT2D eigenvalue weighted by Crippen LogP contribution is 2.24. The average Bonchev–Trinajstić information content (AvgIpc) is 2.61. The Bertz CT molecular complexity index is 787. The van der Waals surface area contributed by atoms with E-state index in [4.69, 9.17) is 9.72 Å². The molecule has 0 unspecified atom stereocenters. The van der Waals surface area contributed by atoms with Crippen molar-refractivity contribution in [1.29, 1.82) is 0 Å². The first-order chi connectivity index (χ1) is 11.3. The molecule has 0 bridgehead atoms. The predicted molar refractivity (Wildman–Crippen MR) is 92.8 cm³/mol. The van der Waals surface area contributed by atoms with E-state index in [2.05, 4.69) is 17.4 Å². The lowest BCUT2D eigenvalue weighted by Crippen LogP contribution is -1.97. The molecule has 0 saturated heterocycles. The van der Waals surface area contributed by atoms with Crippen molar-refractivity contribution in [3.63, 3.8) is 0 Å². The number of rotatable bonds is 6. The number of aromatic nitrogens is 1. The van der Waals surface area contributed by atoms with Gasteiger partial charge in [0.05, 0.1) is 24.5 Å². The third-order valence-corrected chi connectivity index (χ3v) is 3.67. The van der Waals surface area contributed by atoms with Gasteiger partial charge in [-0.1, -0.05) is 6.07 Å². The zero-order valence-electron chi connectivity index (χ0n) is 13.1. The lowest BCUT2D eigenvalue weighted by atomic mass is 10.1. The van der Waals surface area contributed by atoms with Gasteiger partial charge in [-0.15, -0.1) is 0 Å². The summed E-state index contributed by atoms with van der Waals surface area (Å²) in [5.41, 5.74) is 3.99. The summed E-state index contributed by atoms with van der Waals surface area (Å²) in [6.07, 6.45) is 0.419. The fraction of sp³-hybridized carbons (Fsp3) is 0.211. The first-order valence-corrected chi connectivity index (χ1v) is 7.68. The molecule has 0 saturated carbocycles. The van der Waals surface area contributed by atoms with Crippen LogP contribution in [-0.2, 0) is 0 Å². The predicted octanol–water partition coefficient (Wildman–Crippen LogP) is 4.68. The van der Waals surface area contributed by atoms with Crippen molar-refractivity contribution in [2.45, 2.75) is 6.42 Å². The molecule has 0 spiro atoms. The third kappa shape index (κ3) is 3.59. The van der Waals surface area contributed by atoms with Crippen molar-refractivity contribution in [1.82, 2.24) is 4.98 Å². The summed E-state index contributed by atoms with van der Waals surface area (Å²) >= 11 is 0. The number of ether oxygens (including phenoxy) is 1. The van der Waals surface area contributed by atoms with Crippen molar-refractivity contribution >= 4 is 16.6 Å². The Morgan fingerprint density at radius 3 is 2.61 bits per heavy atom. The average molecular weight is 310 g/mol. The molecular formula is C19H19FN2O. The highest BCUT2D eigenvalue weighted by atomic mass is 19.1. The molecular weight excluding hydrogens is 291 g/mol. The molecule has 3 aromatic rings. The minimum absolute atomic E-state index is 0.353. The number of benzene rings is 2. The van der Waals surface area contributed by atoms with Crippen molar-refractivity contribution < 1.29 is 9.13 Å². The molecule has 3 nitrogen and oxygen atoms in total. The number of halogens is 1. The van der Waals surface area contributed by atoms with Crippen LogP contribution in [0.25, 0.3) is 22.2 Å². The highest BCUT2D eigenvalue weighted by Gasteiger charge is 2.03. The van der Waals surface area contributed by atoms with Crippen LogP contribution in [0, 0.1) is 0 Å². The van der Waals surface area contributed by atoms with Gasteiger partial charge in [0, 0.05) is 30.1 Å². The number of fused-ring (bicyclic) bond motifs is 1. The second kappa shape index (κ2) is 7.09. The van der Waals surface area contributed by atoms with E-state index >= 15 is 0 Å². The van der Waals surface area contributed by atoms with Crippen LogP contribution < -0.4 is 10.1 Å². The monoisotopic (exact) mass is 310 g/mol. The van der Waals surface area contributed by atoms with E-state index in [0.29, 0.717) is 13.0 Å². The van der Waals surface area contributed by atoms with Crippen LogP contribution in [0.2, 0.25) is 0 Å². The summed E-state index contributed by atoms with van der Waals surface area (Å²) in [4.78, 5) is 4.71. The summed E-state index contributed by atoms with van der Waals surface area (Å²) in [6.45, 7) is 0.0478. The van der Waals surface area contributed by atoms with Crippen LogP contribution in [0.15, 0.2) is 54.6 Å². The molecule has 0 aliphatic heterocycles. The standard InChI is InChI=1S/C19H19FN2O/c1-21-16-6-10-19-15(13-16)5-9-18(22-19)14-3-7-17(8-4-14)23-12-2-11-20/h3-10,13,21H,2,11-12H2,1H3. The number of anilines is 1. The van der Waals surface area contributed by atoms with Gasteiger partial charge in [-0.2, -0.15) is 0 Å². The van der Waals surface area contributed by atoms with Crippen LogP contribution in [0.4, 0.5) is 10.1 Å². The molecule has 0 aliphatic rings. The van der Waals surface area contributed by atoms with Crippen molar-refractivity contribution in [2.24, 2.45) is 0 Å². The van der Waals surface area contributed by atoms with Crippen LogP contribution in [0.1, 0.15) is 6.42 Å². The van der Waals surface area contributed by atoms with E-state index in [-0.39, 0.29) is 6.67 Å². The Morgan fingerprint density at radius 2 is 1.87 bits per heavy atom. The number of hydrogen-bond acceptors (Lipinski definition) is 3. The van der Waals surface area contributed by atoms with E-state index in [9.17, 15) is 4.39 Å². The van der Waals surface area contributed by atoms with Gasteiger partial charge in [0.1, 0.15) is 5.75 Å². The Labute approximate surface area is 135 Å². The molecule has 4 heteroatoms. The molecule has 0 aliphatic carbocycles. The number of nitrogens with one attached hydrogen (secondary N) is 1. The van der Waals surface area contributed by atoms with Gasteiger partial charge in [-0.05, 0) is 48.5 Å². The SMILES string of the molecule is CNc1ccc2nc(-c3ccc(OCCCF)cc3)ccc2c1. The third-order valence-electron chi connectivity index (χ3n) is 3.67. The Kier molecular flexibility index (Phi) is 4.71. The molecule has 3 rings (SSSR count). The van der Waals surface area contributed by atoms with E-state index in [1.54, 1.807) is 0 Å². The molecule has 0 atom stereocenters. The van der Waals surface area contributed by atoms with Crippen LogP contribution >= 0.6 is 0 Å². The topological polar surface area (TPSA) is 34.2 Å². The lowest BCUT2D eigenvalue weighted by molar-refractivity contribution is 0.289. The first kappa shape index (κ1) is 15.3. The fourth-order valence-electron chi connectivity index (χ4n) is 2.41. The molecule has 0 fully saturated rings. The van der Waals surface area contributed by atoms with Crippen molar-refractivity contribution in [3.05, 3.63) is 54.6 Å². The molecule has 1 N–H and O–H groups in total. The van der Waals surface area contributed by atoms with Gasteiger partial charge in [0.15, 0.2) is 0 Å². The summed E-state index contributed by atoms with van der Waals surface area (Å²) in [5, 5.41) is 4.23. The molecule has 0 radical (unpaired) electrons. The number of pyridine rings is 1. The molecule has 0 amide bonds. The van der Waals surface area contributed by atoms with Crippen molar-refractivity contribution in [2.75, 3.05) is 25.6 Å². The summed E-state index contributed by atoms with van der Waals surface area (Å²) in [7, 11) is 1.90. The fourth-order valence-corrected chi connectivity index (χ4v) is 2.41. The van der Waals surface area contributed by atoms with Crippen molar-refractivity contribution in [3.8, 4) is 17.0 Å². The zero-order valence-corrected chi connectivity index (χ0v) is 13.1. The summed E-state index contributed by atoms with van der Waals surface area (Å²) in [5.74, 6) is 0.752. The lowest BCUT2D eigenvalue weighted by Gasteiger charge is -2.07. The summed E-state index contributed by atoms with van der Waals surface area (Å²) in [6, 6.07) is 17.9. The van der Waals surface area contributed by atoms with Crippen LogP contribution in [0.3, 0.4) is 0 Å². The highest BCUT2D eigenvalue weighted by molar-refractivity contribution is 5.84. The van der Waals surface area contributed by atoms with E-state index < -0.39 is 0 Å². The van der Waals surface area contributed by atoms with Gasteiger partial charge < -0.3 is 10.1 Å². The number of nitrogens with zero attached hydrogens (tertiary/aromatic N) is 1. The first-order valence-electron chi connectivity index (χ1n) is 7.68. The number of hydrogen-bond donors (Lipinski definition) is 1. The van der Waals surface area contributed by atoms with Crippen LogP contribution in [0.5, 0.6) is 5.75 Å². The smallest absolute Gasteiger partial charge is 0.119 e. The van der Waals surface area contributed by atoms with Gasteiger partial charge in [0.25, 0.3) is 0 Å². The zero-order chi connectivity index (χ0) is 16.1. The Morgan fingerprint density at radius 1 is 1.04 bits per heavy atom. The quantitative estimate of drug-likeness (QED) is 0.671. The van der Waals surface area contributed by atoms with Gasteiger partial charge in [-0.25, -0.2) is 4.98 Å². The summed E-state index contributed by atoms with van der Waals surface area (Å²) < 4.78 is 17.5. The minimum Gasteiger partial charge on any atom is -0.493 e.